The Hall–Kier alpha value is -1.64. The van der Waals surface area contributed by atoms with Crippen LogP contribution in [0.5, 0.6) is 0 Å². The van der Waals surface area contributed by atoms with Crippen LogP contribution in [0.25, 0.3) is 0 Å². The zero-order valence-electron chi connectivity index (χ0n) is 12.5. The van der Waals surface area contributed by atoms with E-state index in [1.54, 1.807) is 22.7 Å². The molecular weight excluding hydrogens is 304 g/mol. The van der Waals surface area contributed by atoms with E-state index in [0.29, 0.717) is 6.54 Å². The van der Waals surface area contributed by atoms with E-state index in [4.69, 9.17) is 5.73 Å². The summed E-state index contributed by atoms with van der Waals surface area (Å²) in [6.07, 6.45) is 3.88. The fourth-order valence-electron chi connectivity index (χ4n) is 1.30. The molecule has 8 heteroatoms. The van der Waals surface area contributed by atoms with Crippen molar-refractivity contribution in [3.8, 4) is 0 Å². The normalized spacial score (nSPS) is 10.1. The number of thiazole rings is 2. The second-order valence-corrected chi connectivity index (χ2v) is 5.59. The number of nitrogens with zero attached hydrogens (tertiary/aromatic N) is 2. The van der Waals surface area contributed by atoms with Crippen molar-refractivity contribution in [2.75, 3.05) is 24.7 Å². The van der Waals surface area contributed by atoms with Gasteiger partial charge in [0.15, 0.2) is 10.3 Å². The van der Waals surface area contributed by atoms with Gasteiger partial charge >= 0.3 is 0 Å². The second-order valence-electron chi connectivity index (χ2n) is 3.87. The van der Waals surface area contributed by atoms with Crippen LogP contribution in [0.1, 0.15) is 18.3 Å². The molecule has 0 aliphatic carbocycles. The summed E-state index contributed by atoms with van der Waals surface area (Å²) in [6.45, 7) is 3.30. The minimum Gasteiger partial charge on any atom is -0.385 e. The number of hydrogen-bond acceptors (Lipinski definition) is 8. The summed E-state index contributed by atoms with van der Waals surface area (Å²) in [5.74, 6) is 0. The zero-order valence-corrected chi connectivity index (χ0v) is 14.1. The molecule has 2 aromatic heterocycles. The van der Waals surface area contributed by atoms with Gasteiger partial charge in [-0.2, -0.15) is 0 Å². The highest BCUT2D eigenvalue weighted by molar-refractivity contribution is 7.14. The van der Waals surface area contributed by atoms with Gasteiger partial charge in [0.05, 0.1) is 17.9 Å². The van der Waals surface area contributed by atoms with Gasteiger partial charge in [0, 0.05) is 31.4 Å². The number of nitrogens with two attached hydrogens (primary N) is 1. The molecule has 2 rings (SSSR count). The molecule has 2 heterocycles. The lowest BCUT2D eigenvalue weighted by molar-refractivity contribution is 0.843. The summed E-state index contributed by atoms with van der Waals surface area (Å²) in [6, 6.07) is 0. The molecule has 0 saturated heterocycles. The van der Waals surface area contributed by atoms with Gasteiger partial charge in [-0.25, -0.2) is 9.97 Å². The smallest absolute Gasteiger partial charge is 0.182 e. The predicted octanol–water partition coefficient (Wildman–Crippen LogP) is 2.45. The first-order valence-electron chi connectivity index (χ1n) is 6.52. The highest BCUT2D eigenvalue weighted by atomic mass is 32.1. The number of hydrogen-bond donors (Lipinski definition) is 4. The molecule has 0 unspecified atom stereocenters. The van der Waals surface area contributed by atoms with Crippen molar-refractivity contribution >= 4 is 32.9 Å². The molecule has 0 spiro atoms. The van der Waals surface area contributed by atoms with Crippen LogP contribution in [0.15, 0.2) is 23.0 Å². The van der Waals surface area contributed by atoms with Gasteiger partial charge in [0.25, 0.3) is 0 Å². The molecular formula is C13H22N6S2. The lowest BCUT2D eigenvalue weighted by atomic mass is 10.5. The summed E-state index contributed by atoms with van der Waals surface area (Å²) in [7, 11) is 3.72. The molecule has 0 fully saturated rings. The van der Waals surface area contributed by atoms with Crippen LogP contribution in [-0.4, -0.2) is 24.1 Å². The van der Waals surface area contributed by atoms with Crippen molar-refractivity contribution in [3.63, 3.8) is 0 Å². The molecule has 5 N–H and O–H groups in total. The van der Waals surface area contributed by atoms with Crippen molar-refractivity contribution in [1.82, 2.24) is 15.3 Å². The molecule has 0 saturated carbocycles. The minimum absolute atomic E-state index is 0.526. The van der Waals surface area contributed by atoms with Crippen LogP contribution >= 0.6 is 22.7 Å². The fraction of sp³-hybridized carbons (Fsp3) is 0.385. The Morgan fingerprint density at radius 1 is 1.10 bits per heavy atom. The third kappa shape index (κ3) is 6.56. The van der Waals surface area contributed by atoms with E-state index < -0.39 is 0 Å². The quantitative estimate of drug-likeness (QED) is 0.652. The average Bonchev–Trinajstić information content (AvgIpc) is 3.17. The van der Waals surface area contributed by atoms with Crippen molar-refractivity contribution in [2.45, 2.75) is 20.0 Å². The number of rotatable bonds is 6. The number of aromatic nitrogens is 2. The highest BCUT2D eigenvalue weighted by Crippen LogP contribution is 2.14. The molecule has 0 aromatic carbocycles. The molecule has 0 amide bonds. The van der Waals surface area contributed by atoms with E-state index in [-0.39, 0.29) is 0 Å². The maximum absolute atomic E-state index is 5.33. The summed E-state index contributed by atoms with van der Waals surface area (Å²) < 4.78 is 0. The summed E-state index contributed by atoms with van der Waals surface area (Å²) >= 11 is 3.19. The van der Waals surface area contributed by atoms with Gasteiger partial charge in [0.1, 0.15) is 0 Å². The van der Waals surface area contributed by atoms with E-state index in [2.05, 4.69) is 25.9 Å². The third-order valence-corrected chi connectivity index (χ3v) is 4.13. The topological polar surface area (TPSA) is 87.9 Å². The first kappa shape index (κ1) is 17.4. The number of anilines is 2. The number of nitrogens with one attached hydrogen (secondary N) is 3. The molecule has 6 nitrogen and oxygen atoms in total. The predicted molar refractivity (Wildman–Crippen MR) is 92.9 cm³/mol. The average molecular weight is 326 g/mol. The lowest BCUT2D eigenvalue weighted by Gasteiger charge is -1.94. The summed E-state index contributed by atoms with van der Waals surface area (Å²) in [5, 5.41) is 14.9. The Morgan fingerprint density at radius 2 is 1.67 bits per heavy atom. The molecule has 0 radical (unpaired) electrons. The van der Waals surface area contributed by atoms with Crippen LogP contribution in [-0.2, 0) is 13.1 Å². The Labute approximate surface area is 133 Å². The van der Waals surface area contributed by atoms with Crippen molar-refractivity contribution in [3.05, 3.63) is 34.4 Å². The van der Waals surface area contributed by atoms with E-state index in [1.165, 1.54) is 0 Å². The van der Waals surface area contributed by atoms with Crippen LogP contribution in [0, 0.1) is 0 Å². The maximum atomic E-state index is 5.33. The van der Waals surface area contributed by atoms with Crippen LogP contribution < -0.4 is 21.7 Å². The highest BCUT2D eigenvalue weighted by Gasteiger charge is 1.97. The molecule has 0 atom stereocenters. The zero-order chi connectivity index (χ0) is 15.5. The van der Waals surface area contributed by atoms with Crippen LogP contribution in [0.3, 0.4) is 0 Å². The van der Waals surface area contributed by atoms with Crippen molar-refractivity contribution in [2.24, 2.45) is 5.73 Å². The second kappa shape index (κ2) is 10.1. The van der Waals surface area contributed by atoms with E-state index in [9.17, 15) is 0 Å². The SMILES string of the molecule is CC=CNCc1csc(NC)n1.CNc1nc(CN)cs1. The van der Waals surface area contributed by atoms with Gasteiger partial charge in [-0.3, -0.25) is 0 Å². The maximum Gasteiger partial charge on any atom is 0.182 e. The van der Waals surface area contributed by atoms with Crippen molar-refractivity contribution < 1.29 is 0 Å². The first-order valence-corrected chi connectivity index (χ1v) is 8.28. The van der Waals surface area contributed by atoms with E-state index in [1.807, 2.05) is 44.1 Å². The monoisotopic (exact) mass is 326 g/mol. The fourth-order valence-corrected chi connectivity index (χ4v) is 2.66. The van der Waals surface area contributed by atoms with Crippen LogP contribution in [0.2, 0.25) is 0 Å². The van der Waals surface area contributed by atoms with E-state index >= 15 is 0 Å². The molecule has 21 heavy (non-hydrogen) atoms. The molecule has 0 aliphatic heterocycles. The Bertz CT molecular complexity index is 516. The van der Waals surface area contributed by atoms with Gasteiger partial charge in [0.2, 0.25) is 0 Å². The minimum atomic E-state index is 0.526. The lowest BCUT2D eigenvalue weighted by Crippen LogP contribution is -2.04. The van der Waals surface area contributed by atoms with Gasteiger partial charge in [-0.1, -0.05) is 6.08 Å². The standard InChI is InChI=1S/C8H13N3S.C5H9N3S/c1-3-4-10-5-7-6-12-8(9-2)11-7;1-7-5-8-4(2-6)3-9-5/h3-4,6,10H,5H2,1-2H3,(H,9,11);3H,2,6H2,1H3,(H,7,8). The molecule has 0 aliphatic rings. The Balaban J connectivity index is 0.000000219. The largest absolute Gasteiger partial charge is 0.385 e. The van der Waals surface area contributed by atoms with Crippen molar-refractivity contribution in [1.29, 1.82) is 0 Å². The molecule has 116 valence electrons. The first-order chi connectivity index (χ1) is 10.2. The summed E-state index contributed by atoms with van der Waals surface area (Å²) in [5.41, 5.74) is 7.35. The van der Waals surface area contributed by atoms with Crippen LogP contribution in [0.4, 0.5) is 10.3 Å². The van der Waals surface area contributed by atoms with Gasteiger partial charge in [-0.15, -0.1) is 22.7 Å². The van der Waals surface area contributed by atoms with Gasteiger partial charge < -0.3 is 21.7 Å². The number of allylic oxidation sites excluding steroid dienone is 1. The Morgan fingerprint density at radius 3 is 2.10 bits per heavy atom. The Kier molecular flexibility index (Phi) is 8.41. The van der Waals surface area contributed by atoms with E-state index in [0.717, 1.165) is 28.2 Å². The third-order valence-electron chi connectivity index (χ3n) is 2.31. The van der Waals surface area contributed by atoms with Gasteiger partial charge in [-0.05, 0) is 13.1 Å². The molecule has 2 aromatic rings. The summed E-state index contributed by atoms with van der Waals surface area (Å²) in [4.78, 5) is 8.44. The molecule has 0 bridgehead atoms.